The number of nitriles is 1. The Kier molecular flexibility index (Phi) is 8.25. The molecule has 0 fully saturated rings. The third-order valence-corrected chi connectivity index (χ3v) is 6.66. The molecule has 210 valence electrons. The van der Waals surface area contributed by atoms with Gasteiger partial charge in [-0.05, 0) is 68.7 Å². The molecule has 3 aromatic carbocycles. The predicted molar refractivity (Wildman–Crippen MR) is 161 cm³/mol. The number of carbonyl (C=O) groups is 1. The fraction of sp³-hybridized carbons (Fsp3) is 0.182. The summed E-state index contributed by atoms with van der Waals surface area (Å²) in [5.41, 5.74) is 7.59. The highest BCUT2D eigenvalue weighted by molar-refractivity contribution is 5.97. The van der Waals surface area contributed by atoms with Crippen LogP contribution in [0.4, 0.5) is 11.5 Å². The SMILES string of the molecule is Cc1cccc(Cn2cc(CNC(=O)c3cnc(Nc4ccc(C#N)cc4)cc3Oc3c(C)cc(C)cc3C)nn2)c1. The number of anilines is 2. The van der Waals surface area contributed by atoms with Crippen molar-refractivity contribution in [2.45, 2.75) is 40.8 Å². The molecule has 1 amide bonds. The summed E-state index contributed by atoms with van der Waals surface area (Å²) in [6, 6.07) is 23.1. The first-order chi connectivity index (χ1) is 20.3. The first-order valence-corrected chi connectivity index (χ1v) is 13.5. The minimum Gasteiger partial charge on any atom is -0.456 e. The highest BCUT2D eigenvalue weighted by Gasteiger charge is 2.18. The van der Waals surface area contributed by atoms with E-state index in [-0.39, 0.29) is 18.0 Å². The zero-order chi connectivity index (χ0) is 29.6. The van der Waals surface area contributed by atoms with Gasteiger partial charge in [0.25, 0.3) is 5.91 Å². The van der Waals surface area contributed by atoms with Crippen LogP contribution >= 0.6 is 0 Å². The number of benzene rings is 3. The van der Waals surface area contributed by atoms with Crippen molar-refractivity contribution in [3.05, 3.63) is 124 Å². The van der Waals surface area contributed by atoms with Crippen LogP contribution in [-0.4, -0.2) is 25.9 Å². The van der Waals surface area contributed by atoms with Gasteiger partial charge in [0, 0.05) is 18.0 Å². The summed E-state index contributed by atoms with van der Waals surface area (Å²) < 4.78 is 8.13. The molecule has 9 heteroatoms. The van der Waals surface area contributed by atoms with Crippen molar-refractivity contribution in [3.63, 3.8) is 0 Å². The molecule has 0 aliphatic heterocycles. The summed E-state index contributed by atoms with van der Waals surface area (Å²) in [4.78, 5) is 17.9. The Bertz CT molecular complexity index is 1760. The number of pyridine rings is 1. The molecular weight excluding hydrogens is 526 g/mol. The number of hydrogen-bond donors (Lipinski definition) is 2. The third kappa shape index (κ3) is 6.80. The van der Waals surface area contributed by atoms with Gasteiger partial charge < -0.3 is 15.4 Å². The maximum atomic E-state index is 13.4. The second-order valence-corrected chi connectivity index (χ2v) is 10.3. The van der Waals surface area contributed by atoms with E-state index in [0.29, 0.717) is 35.1 Å². The maximum absolute atomic E-state index is 13.4. The van der Waals surface area contributed by atoms with Crippen LogP contribution < -0.4 is 15.4 Å². The molecule has 0 unspecified atom stereocenters. The fourth-order valence-corrected chi connectivity index (χ4v) is 4.73. The summed E-state index contributed by atoms with van der Waals surface area (Å²) in [7, 11) is 0. The standard InChI is InChI=1S/C33H31N7O2/c1-21-6-5-7-26(14-21)19-40-20-28(38-39-40)17-36-33(41)29-18-35-31(37-27-10-8-25(16-34)9-11-27)15-30(29)42-32-23(3)12-22(2)13-24(32)4/h5-15,18,20H,17,19H2,1-4H3,(H,35,37)(H,36,41). The quantitative estimate of drug-likeness (QED) is 0.219. The van der Waals surface area contributed by atoms with E-state index in [1.54, 1.807) is 35.0 Å². The molecule has 0 saturated carbocycles. The number of aromatic nitrogens is 4. The smallest absolute Gasteiger partial charge is 0.256 e. The largest absolute Gasteiger partial charge is 0.456 e. The van der Waals surface area contributed by atoms with E-state index in [0.717, 1.165) is 27.9 Å². The molecule has 0 atom stereocenters. The van der Waals surface area contributed by atoms with Crippen LogP contribution in [0.25, 0.3) is 0 Å². The molecule has 9 nitrogen and oxygen atoms in total. The first-order valence-electron chi connectivity index (χ1n) is 13.5. The number of carbonyl (C=O) groups excluding carboxylic acids is 1. The van der Waals surface area contributed by atoms with E-state index in [1.165, 1.54) is 11.8 Å². The van der Waals surface area contributed by atoms with E-state index >= 15 is 0 Å². The molecule has 0 aliphatic rings. The van der Waals surface area contributed by atoms with Crippen LogP contribution in [0, 0.1) is 39.0 Å². The summed E-state index contributed by atoms with van der Waals surface area (Å²) in [5.74, 6) is 1.19. The predicted octanol–water partition coefficient (Wildman–Crippen LogP) is 6.29. The molecule has 0 radical (unpaired) electrons. The van der Waals surface area contributed by atoms with Gasteiger partial charge in [-0.2, -0.15) is 5.26 Å². The van der Waals surface area contributed by atoms with Crippen molar-refractivity contribution in [1.29, 1.82) is 5.26 Å². The van der Waals surface area contributed by atoms with Crippen LogP contribution in [0.15, 0.2) is 79.1 Å². The van der Waals surface area contributed by atoms with Crippen molar-refractivity contribution >= 4 is 17.4 Å². The number of amides is 1. The third-order valence-electron chi connectivity index (χ3n) is 6.66. The van der Waals surface area contributed by atoms with Crippen LogP contribution in [0.5, 0.6) is 11.5 Å². The average Bonchev–Trinajstić information content (AvgIpc) is 3.41. The molecular formula is C33H31N7O2. The monoisotopic (exact) mass is 557 g/mol. The van der Waals surface area contributed by atoms with Crippen molar-refractivity contribution in [3.8, 4) is 17.6 Å². The van der Waals surface area contributed by atoms with E-state index < -0.39 is 0 Å². The Morgan fingerprint density at radius 1 is 0.976 bits per heavy atom. The zero-order valence-corrected chi connectivity index (χ0v) is 24.0. The van der Waals surface area contributed by atoms with Gasteiger partial charge in [-0.3, -0.25) is 4.79 Å². The van der Waals surface area contributed by atoms with Gasteiger partial charge in [0.1, 0.15) is 28.6 Å². The molecule has 0 saturated heterocycles. The number of nitrogens with zero attached hydrogens (tertiary/aromatic N) is 5. The molecule has 0 aliphatic carbocycles. The Morgan fingerprint density at radius 2 is 1.74 bits per heavy atom. The number of nitrogens with one attached hydrogen (secondary N) is 2. The number of aryl methyl sites for hydroxylation is 4. The fourth-order valence-electron chi connectivity index (χ4n) is 4.73. The van der Waals surface area contributed by atoms with Gasteiger partial charge in [-0.1, -0.05) is 52.7 Å². The highest BCUT2D eigenvalue weighted by atomic mass is 16.5. The summed E-state index contributed by atoms with van der Waals surface area (Å²) >= 11 is 0. The maximum Gasteiger partial charge on any atom is 0.256 e. The highest BCUT2D eigenvalue weighted by Crippen LogP contribution is 2.33. The zero-order valence-electron chi connectivity index (χ0n) is 24.0. The molecule has 0 spiro atoms. The number of ether oxygens (including phenoxy) is 1. The van der Waals surface area contributed by atoms with Crippen LogP contribution in [-0.2, 0) is 13.1 Å². The average molecular weight is 558 g/mol. The Hall–Kier alpha value is -5.49. The van der Waals surface area contributed by atoms with Crippen LogP contribution in [0.1, 0.15) is 49.4 Å². The van der Waals surface area contributed by atoms with Gasteiger partial charge in [0.15, 0.2) is 0 Å². The molecule has 0 bridgehead atoms. The lowest BCUT2D eigenvalue weighted by atomic mass is 10.1. The van der Waals surface area contributed by atoms with Gasteiger partial charge in [0.2, 0.25) is 0 Å². The van der Waals surface area contributed by atoms with Crippen LogP contribution in [0.3, 0.4) is 0 Å². The van der Waals surface area contributed by atoms with Crippen LogP contribution in [0.2, 0.25) is 0 Å². The van der Waals surface area contributed by atoms with Gasteiger partial charge in [-0.25, -0.2) is 9.67 Å². The topological polar surface area (TPSA) is 118 Å². The van der Waals surface area contributed by atoms with Crippen molar-refractivity contribution < 1.29 is 9.53 Å². The lowest BCUT2D eigenvalue weighted by molar-refractivity contribution is 0.0947. The van der Waals surface area contributed by atoms with Crippen molar-refractivity contribution in [1.82, 2.24) is 25.3 Å². The van der Waals surface area contributed by atoms with E-state index in [2.05, 4.69) is 51.1 Å². The molecule has 2 aromatic heterocycles. The normalized spacial score (nSPS) is 10.6. The van der Waals surface area contributed by atoms with Gasteiger partial charge in [-0.15, -0.1) is 5.10 Å². The van der Waals surface area contributed by atoms with Gasteiger partial charge >= 0.3 is 0 Å². The molecule has 2 heterocycles. The Morgan fingerprint density at radius 3 is 2.45 bits per heavy atom. The molecule has 2 N–H and O–H groups in total. The lowest BCUT2D eigenvalue weighted by Crippen LogP contribution is -2.24. The Balaban J connectivity index is 1.36. The summed E-state index contributed by atoms with van der Waals surface area (Å²) in [5, 5.41) is 23.6. The van der Waals surface area contributed by atoms with E-state index in [1.807, 2.05) is 51.2 Å². The molecule has 5 rings (SSSR count). The van der Waals surface area contributed by atoms with E-state index in [9.17, 15) is 4.79 Å². The van der Waals surface area contributed by atoms with E-state index in [4.69, 9.17) is 10.00 Å². The minimum atomic E-state index is -0.349. The number of rotatable bonds is 9. The van der Waals surface area contributed by atoms with Gasteiger partial charge in [0.05, 0.1) is 30.9 Å². The number of hydrogen-bond acceptors (Lipinski definition) is 7. The second kappa shape index (κ2) is 12.4. The minimum absolute atomic E-state index is 0.194. The van der Waals surface area contributed by atoms with Crippen molar-refractivity contribution in [2.24, 2.45) is 0 Å². The summed E-state index contributed by atoms with van der Waals surface area (Å²) in [6.07, 6.45) is 3.31. The first kappa shape index (κ1) is 28.1. The van der Waals surface area contributed by atoms with Crippen molar-refractivity contribution in [2.75, 3.05) is 5.32 Å². The second-order valence-electron chi connectivity index (χ2n) is 10.3. The lowest BCUT2D eigenvalue weighted by Gasteiger charge is -2.16. The summed E-state index contributed by atoms with van der Waals surface area (Å²) in [6.45, 7) is 8.83. The Labute approximate surface area is 244 Å². The molecule has 42 heavy (non-hydrogen) atoms. The molecule has 5 aromatic rings.